The van der Waals surface area contributed by atoms with Crippen LogP contribution in [0.2, 0.25) is 5.15 Å². The second-order valence-corrected chi connectivity index (χ2v) is 12.9. The second-order valence-electron chi connectivity index (χ2n) is 10.6. The summed E-state index contributed by atoms with van der Waals surface area (Å²) in [6.07, 6.45) is -0.578. The highest BCUT2D eigenvalue weighted by molar-refractivity contribution is 7.91. The Morgan fingerprint density at radius 1 is 1.15 bits per heavy atom. The molecule has 2 saturated carbocycles. The van der Waals surface area contributed by atoms with E-state index in [9.17, 15) is 30.8 Å². The zero-order chi connectivity index (χ0) is 28.1. The molecule has 1 aliphatic heterocycles. The van der Waals surface area contributed by atoms with Crippen molar-refractivity contribution >= 4 is 27.5 Å². The number of likely N-dealkylation sites (tertiary alicyclic amines) is 1. The molecule has 0 radical (unpaired) electrons. The van der Waals surface area contributed by atoms with Crippen molar-refractivity contribution in [3.63, 3.8) is 0 Å². The lowest BCUT2D eigenvalue weighted by atomic mass is 9.97. The summed E-state index contributed by atoms with van der Waals surface area (Å²) in [5.74, 6) is -1.30. The van der Waals surface area contributed by atoms with Gasteiger partial charge in [-0.2, -0.15) is 18.3 Å². The summed E-state index contributed by atoms with van der Waals surface area (Å²) in [5.41, 5.74) is -0.667. The zero-order valence-electron chi connectivity index (χ0n) is 21.2. The first-order valence-corrected chi connectivity index (χ1v) is 14.8. The van der Waals surface area contributed by atoms with Crippen LogP contribution in [0.25, 0.3) is 0 Å². The smallest absolute Gasteiger partial charge is 0.435 e. The number of hydrogen-bond acceptors (Lipinski definition) is 6. The lowest BCUT2D eigenvalue weighted by molar-refractivity contribution is -0.142. The number of aryl methyl sites for hydroxylation is 1. The SMILES string of the molecule is Cn1nc(C(F)(F)F)c(CN2CCC(COc3cc(F)c(C(=O)NS(=O)(=O)C4CC4)cc3C3CC3)CC2)c1Cl. The van der Waals surface area contributed by atoms with Gasteiger partial charge >= 0.3 is 6.18 Å². The topological polar surface area (TPSA) is 93.5 Å². The van der Waals surface area contributed by atoms with E-state index in [-0.39, 0.29) is 41.3 Å². The number of ether oxygens (including phenoxy) is 1. The number of sulfonamides is 1. The Bertz CT molecular complexity index is 1370. The number of alkyl halides is 3. The number of rotatable bonds is 9. The predicted molar refractivity (Wildman–Crippen MR) is 134 cm³/mol. The Morgan fingerprint density at radius 3 is 2.41 bits per heavy atom. The minimum atomic E-state index is -4.59. The van der Waals surface area contributed by atoms with Gasteiger partial charge in [-0.25, -0.2) is 17.5 Å². The van der Waals surface area contributed by atoms with Crippen LogP contribution in [-0.4, -0.2) is 54.0 Å². The van der Waals surface area contributed by atoms with Crippen molar-refractivity contribution in [2.75, 3.05) is 19.7 Å². The second kappa shape index (κ2) is 10.5. The number of hydrogen-bond donors (Lipinski definition) is 1. The molecule has 214 valence electrons. The first-order chi connectivity index (χ1) is 18.3. The maximum atomic E-state index is 14.9. The molecule has 2 aliphatic carbocycles. The van der Waals surface area contributed by atoms with Gasteiger partial charge in [-0.15, -0.1) is 0 Å². The minimum absolute atomic E-state index is 0.0339. The van der Waals surface area contributed by atoms with Crippen molar-refractivity contribution in [2.45, 2.75) is 62.4 Å². The number of nitrogens with one attached hydrogen (secondary N) is 1. The first-order valence-electron chi connectivity index (χ1n) is 12.9. The summed E-state index contributed by atoms with van der Waals surface area (Å²) < 4.78 is 88.2. The van der Waals surface area contributed by atoms with Crippen molar-refractivity contribution in [3.8, 4) is 5.75 Å². The van der Waals surface area contributed by atoms with Crippen LogP contribution in [-0.2, 0) is 29.8 Å². The van der Waals surface area contributed by atoms with Gasteiger partial charge in [0.25, 0.3) is 5.91 Å². The predicted octanol–water partition coefficient (Wildman–Crippen LogP) is 4.62. The van der Waals surface area contributed by atoms with E-state index >= 15 is 0 Å². The number of nitrogens with zero attached hydrogens (tertiary/aromatic N) is 3. The first kappa shape index (κ1) is 28.2. The molecule has 14 heteroatoms. The number of piperidine rings is 1. The fourth-order valence-electron chi connectivity index (χ4n) is 4.89. The van der Waals surface area contributed by atoms with Crippen LogP contribution in [0.1, 0.15) is 71.6 Å². The molecular weight excluding hydrogens is 564 g/mol. The summed E-state index contributed by atoms with van der Waals surface area (Å²) in [6.45, 7) is 1.39. The molecule has 39 heavy (non-hydrogen) atoms. The lowest BCUT2D eigenvalue weighted by Gasteiger charge is -2.32. The van der Waals surface area contributed by atoms with Gasteiger partial charge in [0.15, 0.2) is 5.69 Å². The summed E-state index contributed by atoms with van der Waals surface area (Å²) in [7, 11) is -2.43. The van der Waals surface area contributed by atoms with Crippen molar-refractivity contribution in [2.24, 2.45) is 13.0 Å². The van der Waals surface area contributed by atoms with Crippen LogP contribution in [0.4, 0.5) is 17.6 Å². The highest BCUT2D eigenvalue weighted by Crippen LogP contribution is 2.45. The molecule has 3 aliphatic rings. The van der Waals surface area contributed by atoms with Gasteiger partial charge in [-0.1, -0.05) is 11.6 Å². The van der Waals surface area contributed by atoms with Crippen molar-refractivity contribution in [3.05, 3.63) is 45.5 Å². The molecule has 1 N–H and O–H groups in total. The van der Waals surface area contributed by atoms with Crippen molar-refractivity contribution < 1.29 is 35.5 Å². The number of carbonyl (C=O) groups is 1. The van der Waals surface area contributed by atoms with E-state index < -0.39 is 38.9 Å². The molecule has 1 aromatic carbocycles. The van der Waals surface area contributed by atoms with E-state index in [1.165, 1.54) is 13.1 Å². The van der Waals surface area contributed by atoms with E-state index in [1.807, 2.05) is 9.62 Å². The molecular formula is C25H29ClF4N4O4S. The fourth-order valence-corrected chi connectivity index (χ4v) is 6.37. The number of benzene rings is 1. The molecule has 8 nitrogen and oxygen atoms in total. The monoisotopic (exact) mass is 592 g/mol. The molecule has 3 fully saturated rings. The molecule has 1 saturated heterocycles. The summed E-state index contributed by atoms with van der Waals surface area (Å²) in [4.78, 5) is 14.4. The van der Waals surface area contributed by atoms with Crippen molar-refractivity contribution in [1.29, 1.82) is 0 Å². The molecule has 1 aromatic heterocycles. The molecule has 0 unspecified atom stereocenters. The van der Waals surface area contributed by atoms with Gasteiger partial charge < -0.3 is 4.74 Å². The molecule has 5 rings (SSSR count). The molecule has 2 heterocycles. The van der Waals surface area contributed by atoms with Crippen LogP contribution in [0.5, 0.6) is 5.75 Å². The van der Waals surface area contributed by atoms with Crippen LogP contribution in [0.3, 0.4) is 0 Å². The highest BCUT2D eigenvalue weighted by atomic mass is 35.5. The van der Waals surface area contributed by atoms with Gasteiger partial charge in [0.05, 0.1) is 17.4 Å². The summed E-state index contributed by atoms with van der Waals surface area (Å²) in [5, 5.41) is 2.89. The third-order valence-corrected chi connectivity index (χ3v) is 9.75. The van der Waals surface area contributed by atoms with Crippen LogP contribution >= 0.6 is 11.6 Å². The van der Waals surface area contributed by atoms with E-state index in [2.05, 4.69) is 5.10 Å². The minimum Gasteiger partial charge on any atom is -0.493 e. The summed E-state index contributed by atoms with van der Waals surface area (Å²) in [6, 6.07) is 2.53. The molecule has 0 spiro atoms. The van der Waals surface area contributed by atoms with Crippen molar-refractivity contribution in [1.82, 2.24) is 19.4 Å². The Kier molecular flexibility index (Phi) is 7.62. The Hall–Kier alpha value is -2.38. The standard InChI is InChI=1S/C25H29ClF4N4O4S/c1-33-23(26)19(22(31-33)25(28,29)30)12-34-8-6-14(7-9-34)13-38-21-11-20(27)18(10-17(21)15-2-3-15)24(35)32-39(36,37)16-4-5-16/h10-11,14-16H,2-9,12-13H2,1H3,(H,32,35). The van der Waals surface area contributed by atoms with Gasteiger partial charge in [0.1, 0.15) is 16.7 Å². The largest absolute Gasteiger partial charge is 0.493 e. The highest BCUT2D eigenvalue weighted by Gasteiger charge is 2.40. The van der Waals surface area contributed by atoms with E-state index in [0.29, 0.717) is 50.1 Å². The maximum Gasteiger partial charge on any atom is 0.435 e. The van der Waals surface area contributed by atoms with Gasteiger partial charge in [0, 0.05) is 25.2 Å². The maximum absolute atomic E-state index is 14.9. The Morgan fingerprint density at radius 2 is 1.82 bits per heavy atom. The quantitative estimate of drug-likeness (QED) is 0.427. The average Bonchev–Trinajstić information content (AvgIpc) is 3.77. The van der Waals surface area contributed by atoms with Crippen LogP contribution < -0.4 is 9.46 Å². The molecule has 0 atom stereocenters. The van der Waals surface area contributed by atoms with Gasteiger partial charge in [0.2, 0.25) is 10.0 Å². The van der Waals surface area contributed by atoms with Crippen LogP contribution in [0, 0.1) is 11.7 Å². The zero-order valence-corrected chi connectivity index (χ0v) is 22.8. The van der Waals surface area contributed by atoms with E-state index in [0.717, 1.165) is 23.6 Å². The number of aromatic nitrogens is 2. The molecule has 1 amide bonds. The third-order valence-electron chi connectivity index (χ3n) is 7.46. The number of halogens is 5. The van der Waals surface area contributed by atoms with Gasteiger partial charge in [-0.05, 0) is 75.1 Å². The van der Waals surface area contributed by atoms with E-state index in [1.54, 1.807) is 0 Å². The Balaban J connectivity index is 1.20. The average molecular weight is 593 g/mol. The van der Waals surface area contributed by atoms with E-state index in [4.69, 9.17) is 16.3 Å². The van der Waals surface area contributed by atoms with Gasteiger partial charge in [-0.3, -0.25) is 14.4 Å². The van der Waals surface area contributed by atoms with Crippen LogP contribution in [0.15, 0.2) is 12.1 Å². The third kappa shape index (κ3) is 6.35. The lowest BCUT2D eigenvalue weighted by Crippen LogP contribution is -2.35. The Labute approximate surface area is 228 Å². The molecule has 0 bridgehead atoms. The molecule has 2 aromatic rings. The number of amides is 1. The normalized spacial score (nSPS) is 19.3. The summed E-state index contributed by atoms with van der Waals surface area (Å²) >= 11 is 6.09. The number of carbonyl (C=O) groups excluding carboxylic acids is 1. The fraction of sp³-hybridized carbons (Fsp3) is 0.600.